The number of alkyl halides is 2. The lowest BCUT2D eigenvalue weighted by molar-refractivity contribution is 0.556. The third-order valence-corrected chi connectivity index (χ3v) is 6.70. The summed E-state index contributed by atoms with van der Waals surface area (Å²) in [7, 11) is 0. The van der Waals surface area contributed by atoms with E-state index in [1.807, 2.05) is 24.3 Å². The van der Waals surface area contributed by atoms with E-state index >= 15 is 0 Å². The Morgan fingerprint density at radius 2 is 1.79 bits per heavy atom. The molecule has 1 aromatic carbocycles. The molecule has 0 nitrogen and oxygen atoms in total. The van der Waals surface area contributed by atoms with Gasteiger partial charge in [-0.3, -0.25) is 0 Å². The third kappa shape index (κ3) is 3.76. The average Bonchev–Trinajstić information content (AvgIpc) is 2.81. The molecule has 2 rings (SSSR count). The van der Waals surface area contributed by atoms with E-state index in [4.69, 9.17) is 23.2 Å². The molecule has 102 valence electrons. The van der Waals surface area contributed by atoms with Crippen LogP contribution in [0.3, 0.4) is 0 Å². The molecule has 0 unspecified atom stereocenters. The van der Waals surface area contributed by atoms with Gasteiger partial charge >= 0.3 is 0 Å². The van der Waals surface area contributed by atoms with Crippen molar-refractivity contribution in [1.29, 1.82) is 0 Å². The zero-order valence-corrected chi connectivity index (χ0v) is 15.5. The molecule has 0 aliphatic rings. The number of rotatable bonds is 5. The van der Waals surface area contributed by atoms with Crippen molar-refractivity contribution in [3.05, 3.63) is 56.2 Å². The van der Waals surface area contributed by atoms with Gasteiger partial charge in [0.1, 0.15) is 0 Å². The first-order valence-corrected chi connectivity index (χ1v) is 9.53. The van der Waals surface area contributed by atoms with E-state index in [0.717, 1.165) is 26.4 Å². The van der Waals surface area contributed by atoms with Crippen molar-refractivity contribution in [1.82, 2.24) is 0 Å². The van der Waals surface area contributed by atoms with Crippen LogP contribution < -0.4 is 0 Å². The highest BCUT2D eigenvalue weighted by Crippen LogP contribution is 2.36. The van der Waals surface area contributed by atoms with Crippen LogP contribution in [0, 0.1) is 0 Å². The molecule has 0 spiro atoms. The second-order valence-corrected chi connectivity index (χ2v) is 7.80. The van der Waals surface area contributed by atoms with Gasteiger partial charge < -0.3 is 0 Å². The highest BCUT2D eigenvalue weighted by Gasteiger charge is 2.31. The first-order chi connectivity index (χ1) is 9.09. The Kier molecular flexibility index (Phi) is 5.79. The molecule has 0 atom stereocenters. The Bertz CT molecular complexity index is 550. The first-order valence-electron chi connectivity index (χ1n) is 5.72. The summed E-state index contributed by atoms with van der Waals surface area (Å²) in [5, 5.41) is 2.50. The highest BCUT2D eigenvalue weighted by atomic mass is 79.9. The fraction of sp³-hybridized carbons (Fsp3) is 0.286. The number of halogens is 4. The fourth-order valence-corrected chi connectivity index (χ4v) is 5.38. The molecule has 0 N–H and O–H groups in total. The van der Waals surface area contributed by atoms with Crippen molar-refractivity contribution in [3.63, 3.8) is 0 Å². The predicted octanol–water partition coefficient (Wildman–Crippen LogP) is 6.33. The average molecular weight is 443 g/mol. The molecule has 0 aliphatic carbocycles. The van der Waals surface area contributed by atoms with Gasteiger partial charge in [0.15, 0.2) is 0 Å². The summed E-state index contributed by atoms with van der Waals surface area (Å²) in [6.45, 7) is 0. The van der Waals surface area contributed by atoms with E-state index in [1.54, 1.807) is 11.3 Å². The molecule has 2 aromatic rings. The van der Waals surface area contributed by atoms with Gasteiger partial charge in [0.2, 0.25) is 0 Å². The standard InChI is InChI=1S/C14H12Br2Cl2S/c15-8-14(9-16,7-12-4-5-13(18)19-12)10-2-1-3-11(17)6-10/h1-6H,7-9H2. The molecule has 0 radical (unpaired) electrons. The molecule has 0 saturated heterocycles. The van der Waals surface area contributed by atoms with Gasteiger partial charge in [-0.2, -0.15) is 0 Å². The second-order valence-electron chi connectivity index (χ2n) is 4.44. The molecule has 5 heteroatoms. The Labute approximate surface area is 144 Å². The van der Waals surface area contributed by atoms with Gasteiger partial charge in [0.25, 0.3) is 0 Å². The highest BCUT2D eigenvalue weighted by molar-refractivity contribution is 9.09. The zero-order valence-electron chi connectivity index (χ0n) is 10.0. The number of hydrogen-bond acceptors (Lipinski definition) is 1. The molecule has 1 aromatic heterocycles. The lowest BCUT2D eigenvalue weighted by Gasteiger charge is -2.30. The molecular weight excluding hydrogens is 431 g/mol. The number of thiophene rings is 1. The minimum Gasteiger partial charge on any atom is -0.128 e. The predicted molar refractivity (Wildman–Crippen MR) is 93.8 cm³/mol. The van der Waals surface area contributed by atoms with E-state index in [9.17, 15) is 0 Å². The maximum atomic E-state index is 6.12. The quantitative estimate of drug-likeness (QED) is 0.475. The summed E-state index contributed by atoms with van der Waals surface area (Å²) in [6, 6.07) is 12.1. The van der Waals surface area contributed by atoms with Gasteiger partial charge in [-0.15, -0.1) is 11.3 Å². The van der Waals surface area contributed by atoms with E-state index in [2.05, 4.69) is 44.0 Å². The van der Waals surface area contributed by atoms with Gasteiger partial charge in [-0.25, -0.2) is 0 Å². The van der Waals surface area contributed by atoms with Crippen molar-refractivity contribution >= 4 is 66.4 Å². The lowest BCUT2D eigenvalue weighted by Crippen LogP contribution is -2.32. The number of hydrogen-bond donors (Lipinski definition) is 0. The fourth-order valence-electron chi connectivity index (χ4n) is 1.99. The van der Waals surface area contributed by atoms with Crippen molar-refractivity contribution in [3.8, 4) is 0 Å². The van der Waals surface area contributed by atoms with Gasteiger partial charge in [0.05, 0.1) is 4.34 Å². The summed E-state index contributed by atoms with van der Waals surface area (Å²) in [5.41, 5.74) is 1.22. The van der Waals surface area contributed by atoms with Crippen molar-refractivity contribution in [2.24, 2.45) is 0 Å². The van der Waals surface area contributed by atoms with Crippen LogP contribution in [0.1, 0.15) is 10.4 Å². The summed E-state index contributed by atoms with van der Waals surface area (Å²) < 4.78 is 0.833. The van der Waals surface area contributed by atoms with Crippen LogP contribution >= 0.6 is 66.4 Å². The molecule has 1 heterocycles. The molecular formula is C14H12Br2Cl2S. The van der Waals surface area contributed by atoms with Crippen LogP contribution in [0.25, 0.3) is 0 Å². The first kappa shape index (κ1) is 15.8. The topological polar surface area (TPSA) is 0 Å². The monoisotopic (exact) mass is 440 g/mol. The van der Waals surface area contributed by atoms with Gasteiger partial charge in [-0.1, -0.05) is 67.2 Å². The normalized spacial score (nSPS) is 11.8. The van der Waals surface area contributed by atoms with E-state index < -0.39 is 0 Å². The smallest absolute Gasteiger partial charge is 0.0931 e. The molecule has 0 amide bonds. The van der Waals surface area contributed by atoms with E-state index in [1.165, 1.54) is 10.4 Å². The van der Waals surface area contributed by atoms with Crippen LogP contribution in [0.15, 0.2) is 36.4 Å². The molecule has 0 aliphatic heterocycles. The van der Waals surface area contributed by atoms with Gasteiger partial charge in [0, 0.05) is 26.0 Å². The summed E-state index contributed by atoms with van der Waals surface area (Å²) in [4.78, 5) is 1.28. The molecule has 0 fully saturated rings. The second kappa shape index (κ2) is 6.95. The van der Waals surface area contributed by atoms with Crippen LogP contribution in [0.2, 0.25) is 9.36 Å². The Hall–Kier alpha value is 0.460. The minimum atomic E-state index is -0.0148. The summed E-state index contributed by atoms with van der Waals surface area (Å²) in [6.07, 6.45) is 0.932. The summed E-state index contributed by atoms with van der Waals surface area (Å²) in [5.74, 6) is 0. The van der Waals surface area contributed by atoms with Crippen LogP contribution in [-0.4, -0.2) is 10.7 Å². The molecule has 0 bridgehead atoms. The maximum absolute atomic E-state index is 6.12. The largest absolute Gasteiger partial charge is 0.128 e. The van der Waals surface area contributed by atoms with Crippen LogP contribution in [0.5, 0.6) is 0 Å². The van der Waals surface area contributed by atoms with Crippen LogP contribution in [-0.2, 0) is 11.8 Å². The Morgan fingerprint density at radius 1 is 1.05 bits per heavy atom. The number of benzene rings is 1. The summed E-state index contributed by atoms with van der Waals surface area (Å²) >= 11 is 21.1. The molecule has 0 saturated carbocycles. The third-order valence-electron chi connectivity index (χ3n) is 3.09. The SMILES string of the molecule is Clc1cccc(C(CBr)(CBr)Cc2ccc(Cl)s2)c1. The van der Waals surface area contributed by atoms with E-state index in [-0.39, 0.29) is 5.41 Å². The Balaban J connectivity index is 2.37. The van der Waals surface area contributed by atoms with Gasteiger partial charge in [-0.05, 0) is 36.2 Å². The van der Waals surface area contributed by atoms with Crippen molar-refractivity contribution in [2.45, 2.75) is 11.8 Å². The zero-order chi connectivity index (χ0) is 13.9. The lowest BCUT2D eigenvalue weighted by atomic mass is 9.81. The van der Waals surface area contributed by atoms with Crippen molar-refractivity contribution in [2.75, 3.05) is 10.7 Å². The Morgan fingerprint density at radius 3 is 2.32 bits per heavy atom. The van der Waals surface area contributed by atoms with Crippen LogP contribution in [0.4, 0.5) is 0 Å². The maximum Gasteiger partial charge on any atom is 0.0931 e. The molecule has 19 heavy (non-hydrogen) atoms. The van der Waals surface area contributed by atoms with E-state index in [0.29, 0.717) is 0 Å². The minimum absolute atomic E-state index is 0.0148. The van der Waals surface area contributed by atoms with Crippen molar-refractivity contribution < 1.29 is 0 Å².